The second-order valence-electron chi connectivity index (χ2n) is 8.92. The summed E-state index contributed by atoms with van der Waals surface area (Å²) in [6.07, 6.45) is 1.49. The third kappa shape index (κ3) is 4.71. The molecule has 3 aromatic carbocycles. The molecule has 1 saturated heterocycles. The Labute approximate surface area is 198 Å². The molecule has 34 heavy (non-hydrogen) atoms. The molecule has 5 rings (SSSR count). The van der Waals surface area contributed by atoms with E-state index in [2.05, 4.69) is 40.0 Å². The first-order valence-electron chi connectivity index (χ1n) is 11.7. The highest BCUT2D eigenvalue weighted by atomic mass is 16.3. The molecule has 7 nitrogen and oxygen atoms in total. The smallest absolute Gasteiger partial charge is 0.268 e. The van der Waals surface area contributed by atoms with Gasteiger partial charge in [0.05, 0.1) is 24.3 Å². The van der Waals surface area contributed by atoms with Crippen molar-refractivity contribution in [2.75, 3.05) is 11.6 Å². The number of benzene rings is 3. The zero-order valence-electron chi connectivity index (χ0n) is 18.9. The summed E-state index contributed by atoms with van der Waals surface area (Å²) >= 11 is 0. The van der Waals surface area contributed by atoms with Gasteiger partial charge in [-0.25, -0.2) is 0 Å². The van der Waals surface area contributed by atoms with Crippen molar-refractivity contribution in [3.05, 3.63) is 78.4 Å². The molecule has 7 heteroatoms. The zero-order chi connectivity index (χ0) is 23.5. The van der Waals surface area contributed by atoms with Crippen LogP contribution in [0.5, 0.6) is 0 Å². The van der Waals surface area contributed by atoms with Gasteiger partial charge in [0.1, 0.15) is 5.71 Å². The maximum Gasteiger partial charge on any atom is 0.268 e. The second-order valence-corrected chi connectivity index (χ2v) is 8.92. The second kappa shape index (κ2) is 9.75. The number of aliphatic hydroxyl groups is 1. The Hall–Kier alpha value is -3.55. The molecule has 0 radical (unpaired) electrons. The van der Waals surface area contributed by atoms with Gasteiger partial charge in [0, 0.05) is 6.04 Å². The number of carbonyl (C=O) groups is 2. The molecule has 1 fully saturated rings. The molecular formula is C27H28N4O3. The number of anilines is 1. The maximum atomic E-state index is 13.1. The summed E-state index contributed by atoms with van der Waals surface area (Å²) in [6.45, 7) is 0.853. The number of aliphatic hydroxyl groups excluding tert-OH is 1. The fourth-order valence-corrected chi connectivity index (χ4v) is 4.74. The van der Waals surface area contributed by atoms with E-state index in [0.29, 0.717) is 12.1 Å². The van der Waals surface area contributed by atoms with Crippen molar-refractivity contribution in [2.24, 2.45) is 5.10 Å². The van der Waals surface area contributed by atoms with Crippen LogP contribution in [0.3, 0.4) is 0 Å². The maximum absolute atomic E-state index is 13.1. The topological polar surface area (TPSA) is 94.0 Å². The van der Waals surface area contributed by atoms with Gasteiger partial charge >= 0.3 is 0 Å². The highest BCUT2D eigenvalue weighted by Gasteiger charge is 2.34. The zero-order valence-corrected chi connectivity index (χ0v) is 18.9. The fraction of sp³-hybridized carbons (Fsp3) is 0.296. The van der Waals surface area contributed by atoms with Gasteiger partial charge in [0.25, 0.3) is 11.8 Å². The van der Waals surface area contributed by atoms with E-state index >= 15 is 0 Å². The Morgan fingerprint density at radius 2 is 1.85 bits per heavy atom. The highest BCUT2D eigenvalue weighted by molar-refractivity contribution is 6.44. The lowest BCUT2D eigenvalue weighted by molar-refractivity contribution is -0.119. The fourth-order valence-electron chi connectivity index (χ4n) is 4.74. The van der Waals surface area contributed by atoms with E-state index in [1.54, 1.807) is 12.1 Å². The van der Waals surface area contributed by atoms with Gasteiger partial charge in [-0.2, -0.15) is 10.1 Å². The summed E-state index contributed by atoms with van der Waals surface area (Å²) in [5, 5.41) is 25.3. The van der Waals surface area contributed by atoms with Crippen LogP contribution in [0.1, 0.15) is 24.8 Å². The molecule has 3 N–H and O–H groups in total. The van der Waals surface area contributed by atoms with Crippen LogP contribution in [-0.4, -0.2) is 47.4 Å². The third-order valence-corrected chi connectivity index (χ3v) is 6.55. The first-order chi connectivity index (χ1) is 16.6. The molecule has 3 atom stereocenters. The van der Waals surface area contributed by atoms with Crippen molar-refractivity contribution < 1.29 is 14.7 Å². The number of amides is 2. The summed E-state index contributed by atoms with van der Waals surface area (Å²) in [7, 11) is 0. The molecular weight excluding hydrogens is 428 g/mol. The number of fused-ring (bicyclic) bond motifs is 1. The number of hydrogen-bond donors (Lipinski definition) is 3. The van der Waals surface area contributed by atoms with Crippen LogP contribution in [0.2, 0.25) is 0 Å². The predicted octanol–water partition coefficient (Wildman–Crippen LogP) is 2.77. The molecule has 0 saturated carbocycles. The van der Waals surface area contributed by atoms with E-state index in [0.717, 1.165) is 35.7 Å². The number of nitrogens with one attached hydrogen (secondary N) is 2. The lowest BCUT2D eigenvalue weighted by Gasteiger charge is -2.28. The van der Waals surface area contributed by atoms with E-state index in [-0.39, 0.29) is 24.1 Å². The van der Waals surface area contributed by atoms with E-state index in [4.69, 9.17) is 0 Å². The van der Waals surface area contributed by atoms with Crippen LogP contribution in [-0.2, 0) is 16.0 Å². The standard InChI is InChI=1S/C27H28N4O3/c32-25-17-24(30-31(25)21-9-2-1-3-10-21)27(34)29-23(26(33)22-11-6-14-28-22)16-18-12-13-19-7-4-5-8-20(19)15-18/h1-5,7-10,12-13,15,22-23,26,28,33H,6,11,14,16-17H2,(H,29,34)/t22-,23?,26-/m1/s1. The van der Waals surface area contributed by atoms with Crippen molar-refractivity contribution in [3.8, 4) is 0 Å². The van der Waals surface area contributed by atoms with Crippen molar-refractivity contribution in [1.29, 1.82) is 0 Å². The largest absolute Gasteiger partial charge is 0.389 e. The number of nitrogens with zero attached hydrogens (tertiary/aromatic N) is 2. The molecule has 0 aliphatic carbocycles. The molecule has 2 aliphatic rings. The van der Waals surface area contributed by atoms with Gasteiger partial charge in [-0.3, -0.25) is 9.59 Å². The van der Waals surface area contributed by atoms with Crippen molar-refractivity contribution >= 4 is 34.0 Å². The Bertz CT molecular complexity index is 1220. The Balaban J connectivity index is 1.36. The molecule has 0 bridgehead atoms. The quantitative estimate of drug-likeness (QED) is 0.510. The predicted molar refractivity (Wildman–Crippen MR) is 133 cm³/mol. The van der Waals surface area contributed by atoms with E-state index < -0.39 is 18.1 Å². The van der Waals surface area contributed by atoms with Gasteiger partial charge in [0.2, 0.25) is 0 Å². The Morgan fingerprint density at radius 3 is 2.62 bits per heavy atom. The van der Waals surface area contributed by atoms with Crippen LogP contribution in [0.4, 0.5) is 5.69 Å². The minimum Gasteiger partial charge on any atom is -0.389 e. The number of carbonyl (C=O) groups excluding carboxylic acids is 2. The molecule has 2 heterocycles. The van der Waals surface area contributed by atoms with Crippen LogP contribution in [0.15, 0.2) is 77.9 Å². The van der Waals surface area contributed by atoms with E-state index in [1.165, 1.54) is 5.01 Å². The third-order valence-electron chi connectivity index (χ3n) is 6.55. The van der Waals surface area contributed by atoms with Crippen LogP contribution >= 0.6 is 0 Å². The van der Waals surface area contributed by atoms with E-state index in [9.17, 15) is 14.7 Å². The lowest BCUT2D eigenvalue weighted by Crippen LogP contribution is -2.53. The Kier molecular flexibility index (Phi) is 6.38. The number of rotatable bonds is 7. The van der Waals surface area contributed by atoms with Gasteiger partial charge < -0.3 is 15.7 Å². The summed E-state index contributed by atoms with van der Waals surface area (Å²) in [6, 6.07) is 22.7. The average molecular weight is 457 g/mol. The molecule has 2 amide bonds. The van der Waals surface area contributed by atoms with Crippen molar-refractivity contribution in [3.63, 3.8) is 0 Å². The number of hydrogen-bond acceptors (Lipinski definition) is 5. The van der Waals surface area contributed by atoms with Gasteiger partial charge in [-0.05, 0) is 54.3 Å². The van der Waals surface area contributed by atoms with Crippen LogP contribution in [0.25, 0.3) is 10.8 Å². The molecule has 174 valence electrons. The van der Waals surface area contributed by atoms with E-state index in [1.807, 2.05) is 36.4 Å². The van der Waals surface area contributed by atoms with Crippen LogP contribution in [0, 0.1) is 0 Å². The summed E-state index contributed by atoms with van der Waals surface area (Å²) in [4.78, 5) is 25.7. The monoisotopic (exact) mass is 456 g/mol. The summed E-state index contributed by atoms with van der Waals surface area (Å²) < 4.78 is 0. The molecule has 0 spiro atoms. The molecule has 2 aliphatic heterocycles. The average Bonchev–Trinajstić information content (AvgIpc) is 3.54. The molecule has 3 aromatic rings. The van der Waals surface area contributed by atoms with Crippen LogP contribution < -0.4 is 15.6 Å². The van der Waals surface area contributed by atoms with Crippen molar-refractivity contribution in [1.82, 2.24) is 10.6 Å². The van der Waals surface area contributed by atoms with Gasteiger partial charge in [-0.1, -0.05) is 60.7 Å². The first-order valence-corrected chi connectivity index (χ1v) is 11.7. The summed E-state index contributed by atoms with van der Waals surface area (Å²) in [5.74, 6) is -0.671. The Morgan fingerprint density at radius 1 is 1.09 bits per heavy atom. The van der Waals surface area contributed by atoms with Crippen molar-refractivity contribution in [2.45, 2.75) is 43.9 Å². The minimum atomic E-state index is -0.763. The highest BCUT2D eigenvalue weighted by Crippen LogP contribution is 2.22. The van der Waals surface area contributed by atoms with Gasteiger partial charge in [0.15, 0.2) is 0 Å². The minimum absolute atomic E-state index is 0.0683. The molecule has 1 unspecified atom stereocenters. The molecule has 0 aromatic heterocycles. The number of para-hydroxylation sites is 1. The first kappa shape index (κ1) is 22.3. The SMILES string of the molecule is O=C(NC(Cc1ccc2ccccc2c1)[C@H](O)[C@H]1CCCN1)C1=NN(c2ccccc2)C(=O)C1. The number of hydrazone groups is 1. The normalized spacial score (nSPS) is 19.8. The lowest BCUT2D eigenvalue weighted by atomic mass is 9.94. The summed E-state index contributed by atoms with van der Waals surface area (Å²) in [5.41, 5.74) is 1.80. The van der Waals surface area contributed by atoms with Gasteiger partial charge in [-0.15, -0.1) is 0 Å².